The molecular weight excluding hydrogens is 473 g/mol. The average molecular weight is 501 g/mol. The van der Waals surface area contributed by atoms with Gasteiger partial charge in [-0.1, -0.05) is 30.3 Å². The monoisotopic (exact) mass is 501 g/mol. The van der Waals surface area contributed by atoms with Gasteiger partial charge in [0.1, 0.15) is 0 Å². The molecule has 1 saturated carbocycles. The number of hydrogen-bond donors (Lipinski definition) is 3. The van der Waals surface area contributed by atoms with Gasteiger partial charge in [0.15, 0.2) is 0 Å². The Morgan fingerprint density at radius 3 is 2.33 bits per heavy atom. The van der Waals surface area contributed by atoms with Gasteiger partial charge in [0.05, 0.1) is 0 Å². The molecule has 2 atom stereocenters. The number of anilines is 1. The molecule has 5 nitrogen and oxygen atoms in total. The van der Waals surface area contributed by atoms with Gasteiger partial charge in [0, 0.05) is 12.6 Å². The SMILES string of the molecule is O=C(/C=C/c1ccc(C(NC2CC2)C(=O)NCc2ccccc2)cc1)Nc1ccccc1[AsH2]. The first-order chi connectivity index (χ1) is 16.1. The summed E-state index contributed by atoms with van der Waals surface area (Å²) in [5, 5.41) is 9.41. The first kappa shape index (κ1) is 23.0. The molecule has 33 heavy (non-hydrogen) atoms. The number of benzene rings is 3. The van der Waals surface area contributed by atoms with Crippen molar-refractivity contribution >= 4 is 44.8 Å². The van der Waals surface area contributed by atoms with Crippen molar-refractivity contribution < 1.29 is 9.59 Å². The van der Waals surface area contributed by atoms with Crippen LogP contribution in [-0.2, 0) is 16.1 Å². The first-order valence-corrected chi connectivity index (χ1v) is 12.3. The summed E-state index contributed by atoms with van der Waals surface area (Å²) in [7, 11) is 0. The number of nitrogens with one attached hydrogen (secondary N) is 3. The molecule has 0 spiro atoms. The Morgan fingerprint density at radius 1 is 0.939 bits per heavy atom. The van der Waals surface area contributed by atoms with Gasteiger partial charge in [-0.15, -0.1) is 0 Å². The molecule has 0 aliphatic heterocycles. The van der Waals surface area contributed by atoms with E-state index >= 15 is 0 Å². The van der Waals surface area contributed by atoms with Crippen LogP contribution in [0.15, 0.2) is 84.9 Å². The summed E-state index contributed by atoms with van der Waals surface area (Å²) in [5.41, 5.74) is 3.72. The third kappa shape index (κ3) is 6.92. The Kier molecular flexibility index (Phi) is 7.77. The minimum atomic E-state index is -0.398. The Balaban J connectivity index is 1.38. The zero-order valence-corrected chi connectivity index (χ0v) is 20.8. The van der Waals surface area contributed by atoms with Crippen molar-refractivity contribution in [1.29, 1.82) is 0 Å². The van der Waals surface area contributed by atoms with E-state index in [9.17, 15) is 9.59 Å². The zero-order valence-electron chi connectivity index (χ0n) is 18.3. The second kappa shape index (κ2) is 11.1. The number of hydrogen-bond acceptors (Lipinski definition) is 3. The first-order valence-electron chi connectivity index (χ1n) is 11.1. The third-order valence-corrected chi connectivity index (χ3v) is 6.52. The van der Waals surface area contributed by atoms with Gasteiger partial charge in [0.25, 0.3) is 0 Å². The predicted octanol–water partition coefficient (Wildman–Crippen LogP) is 2.71. The second-order valence-electron chi connectivity index (χ2n) is 8.15. The van der Waals surface area contributed by atoms with Crippen LogP contribution in [0.5, 0.6) is 0 Å². The quantitative estimate of drug-likeness (QED) is 0.312. The van der Waals surface area contributed by atoms with Crippen molar-refractivity contribution in [2.45, 2.75) is 31.5 Å². The number of amides is 2. The van der Waals surface area contributed by atoms with Crippen LogP contribution in [0.25, 0.3) is 6.08 Å². The van der Waals surface area contributed by atoms with Crippen LogP contribution >= 0.6 is 0 Å². The number of carbonyl (C=O) groups is 2. The molecule has 0 aromatic heterocycles. The molecule has 4 rings (SSSR count). The fraction of sp³-hybridized carbons (Fsp3) is 0.185. The summed E-state index contributed by atoms with van der Waals surface area (Å²) < 4.78 is 1.08. The molecule has 1 fully saturated rings. The van der Waals surface area contributed by atoms with Crippen LogP contribution in [-0.4, -0.2) is 34.7 Å². The molecule has 3 aromatic carbocycles. The topological polar surface area (TPSA) is 70.2 Å². The molecule has 0 heterocycles. The molecule has 6 heteroatoms. The maximum absolute atomic E-state index is 12.9. The van der Waals surface area contributed by atoms with Gasteiger partial charge in [-0.05, 0) is 18.4 Å². The molecule has 1 aliphatic carbocycles. The van der Waals surface area contributed by atoms with Gasteiger partial charge >= 0.3 is 132 Å². The summed E-state index contributed by atoms with van der Waals surface area (Å²) >= 11 is 1.47. The summed E-state index contributed by atoms with van der Waals surface area (Å²) in [6.07, 6.45) is 5.50. The standard InChI is InChI=1S/C27H28AsN3O2/c28-23-8-4-5-9-24(23)31-25(32)17-12-19-10-13-21(14-11-19)26(30-22-15-16-22)27(33)29-18-20-6-2-1-3-7-20/h1-14,17,22,26,30H,15-16,18,28H2,(H,29,33)(H,31,32)/b17-12+. The van der Waals surface area contributed by atoms with E-state index in [1.54, 1.807) is 6.08 Å². The number of para-hydroxylation sites is 1. The van der Waals surface area contributed by atoms with E-state index in [0.717, 1.165) is 39.6 Å². The summed E-state index contributed by atoms with van der Waals surface area (Å²) in [4.78, 5) is 25.2. The predicted molar refractivity (Wildman–Crippen MR) is 136 cm³/mol. The normalized spacial score (nSPS) is 14.1. The van der Waals surface area contributed by atoms with Crippen molar-refractivity contribution in [2.24, 2.45) is 0 Å². The molecule has 2 unspecified atom stereocenters. The Labute approximate surface area is 203 Å². The summed E-state index contributed by atoms with van der Waals surface area (Å²) in [6, 6.07) is 25.4. The van der Waals surface area contributed by atoms with Crippen LogP contribution < -0.4 is 20.3 Å². The van der Waals surface area contributed by atoms with Crippen molar-refractivity contribution in [2.75, 3.05) is 5.32 Å². The van der Waals surface area contributed by atoms with Gasteiger partial charge < -0.3 is 5.32 Å². The van der Waals surface area contributed by atoms with Crippen molar-refractivity contribution in [3.8, 4) is 0 Å². The number of carbonyl (C=O) groups excluding carboxylic acids is 2. The van der Waals surface area contributed by atoms with Gasteiger partial charge in [-0.25, -0.2) is 0 Å². The third-order valence-electron chi connectivity index (χ3n) is 5.47. The van der Waals surface area contributed by atoms with Crippen LogP contribution in [0.4, 0.5) is 5.69 Å². The number of rotatable bonds is 9. The Morgan fingerprint density at radius 2 is 1.64 bits per heavy atom. The van der Waals surface area contributed by atoms with Crippen LogP contribution in [0, 0.1) is 0 Å². The van der Waals surface area contributed by atoms with E-state index in [1.165, 1.54) is 22.9 Å². The fourth-order valence-electron chi connectivity index (χ4n) is 3.45. The molecular formula is C27H28AsN3O2. The molecule has 168 valence electrons. The summed E-state index contributed by atoms with van der Waals surface area (Å²) in [6.45, 7) is 0.500. The molecule has 2 amide bonds. The van der Waals surface area contributed by atoms with E-state index in [1.807, 2.05) is 78.9 Å². The van der Waals surface area contributed by atoms with E-state index in [4.69, 9.17) is 0 Å². The van der Waals surface area contributed by atoms with Crippen LogP contribution in [0.1, 0.15) is 35.6 Å². The van der Waals surface area contributed by atoms with Crippen molar-refractivity contribution in [3.05, 3.63) is 102 Å². The van der Waals surface area contributed by atoms with Gasteiger partial charge in [0.2, 0.25) is 0 Å². The molecule has 0 bridgehead atoms. The average Bonchev–Trinajstić information content (AvgIpc) is 3.67. The van der Waals surface area contributed by atoms with Crippen molar-refractivity contribution in [1.82, 2.24) is 10.6 Å². The molecule has 3 N–H and O–H groups in total. The van der Waals surface area contributed by atoms with Crippen LogP contribution in [0.2, 0.25) is 0 Å². The van der Waals surface area contributed by atoms with Gasteiger partial charge in [-0.3, -0.25) is 4.79 Å². The van der Waals surface area contributed by atoms with Gasteiger partial charge in [-0.2, -0.15) is 0 Å². The van der Waals surface area contributed by atoms with E-state index in [2.05, 4.69) is 16.0 Å². The Bertz CT molecular complexity index is 1130. The zero-order chi connectivity index (χ0) is 23.0. The van der Waals surface area contributed by atoms with Crippen LogP contribution in [0.3, 0.4) is 0 Å². The molecule has 3 aromatic rings. The second-order valence-corrected chi connectivity index (χ2v) is 9.46. The fourth-order valence-corrected chi connectivity index (χ4v) is 4.04. The van der Waals surface area contributed by atoms with Crippen molar-refractivity contribution in [3.63, 3.8) is 0 Å². The van der Waals surface area contributed by atoms with E-state index in [-0.39, 0.29) is 11.8 Å². The summed E-state index contributed by atoms with van der Waals surface area (Å²) in [5.74, 6) is -0.203. The Hall–Kier alpha value is -3.14. The maximum atomic E-state index is 12.9. The van der Waals surface area contributed by atoms with E-state index in [0.29, 0.717) is 12.6 Å². The minimum absolute atomic E-state index is 0.0340. The molecule has 0 saturated heterocycles. The van der Waals surface area contributed by atoms with E-state index < -0.39 is 6.04 Å². The molecule has 0 radical (unpaired) electrons. The molecule has 1 aliphatic rings.